The van der Waals surface area contributed by atoms with Crippen LogP contribution in [0, 0.1) is 5.92 Å². The average Bonchev–Trinajstić information content (AvgIpc) is 3.10. The molecular formula is C21H24N2O4. The number of para-hydroxylation sites is 2. The zero-order chi connectivity index (χ0) is 19.2. The van der Waals surface area contributed by atoms with Crippen LogP contribution < -0.4 is 19.7 Å². The van der Waals surface area contributed by atoms with Gasteiger partial charge in [-0.1, -0.05) is 24.3 Å². The third kappa shape index (κ3) is 4.39. The van der Waals surface area contributed by atoms with Crippen molar-refractivity contribution in [2.45, 2.75) is 12.8 Å². The average molecular weight is 368 g/mol. The minimum absolute atomic E-state index is 0.0604. The quantitative estimate of drug-likeness (QED) is 0.815. The van der Waals surface area contributed by atoms with E-state index in [1.54, 1.807) is 19.1 Å². The lowest BCUT2D eigenvalue weighted by Gasteiger charge is -2.19. The number of rotatable bonds is 7. The fraction of sp³-hybridized carbons (Fsp3) is 0.333. The summed E-state index contributed by atoms with van der Waals surface area (Å²) in [6.07, 6.45) is 0.943. The summed E-state index contributed by atoms with van der Waals surface area (Å²) in [6, 6.07) is 15.1. The van der Waals surface area contributed by atoms with Crippen LogP contribution >= 0.6 is 0 Å². The highest BCUT2D eigenvalue weighted by molar-refractivity contribution is 6.01. The van der Waals surface area contributed by atoms with Crippen LogP contribution in [0.25, 0.3) is 0 Å². The van der Waals surface area contributed by atoms with Crippen LogP contribution in [0.3, 0.4) is 0 Å². The van der Waals surface area contributed by atoms with Crippen molar-refractivity contribution in [1.29, 1.82) is 0 Å². The Labute approximate surface area is 159 Å². The van der Waals surface area contributed by atoms with Gasteiger partial charge in [0.15, 0.2) is 0 Å². The summed E-state index contributed by atoms with van der Waals surface area (Å²) in [6.45, 7) is 0.901. The molecule has 0 saturated carbocycles. The molecule has 2 amide bonds. The van der Waals surface area contributed by atoms with Gasteiger partial charge in [0.25, 0.3) is 0 Å². The minimum atomic E-state index is -0.349. The summed E-state index contributed by atoms with van der Waals surface area (Å²) in [7, 11) is 3.20. The van der Waals surface area contributed by atoms with Gasteiger partial charge in [-0.3, -0.25) is 9.59 Å². The van der Waals surface area contributed by atoms with Gasteiger partial charge in [-0.15, -0.1) is 0 Å². The van der Waals surface area contributed by atoms with Crippen molar-refractivity contribution in [2.24, 2.45) is 5.92 Å². The molecule has 1 N–H and O–H groups in total. The van der Waals surface area contributed by atoms with E-state index in [1.807, 2.05) is 48.5 Å². The molecule has 1 fully saturated rings. The molecular weight excluding hydrogens is 344 g/mol. The van der Waals surface area contributed by atoms with Crippen LogP contribution in [0.5, 0.6) is 11.5 Å². The lowest BCUT2D eigenvalue weighted by molar-refractivity contribution is -0.126. The van der Waals surface area contributed by atoms with Gasteiger partial charge in [0.1, 0.15) is 11.5 Å². The standard InChI is InChI=1S/C21H24N2O4/c1-26-17-9-7-15(8-10-17)11-12-22-21(25)16-13-20(24)23(14-16)18-5-3-4-6-19(18)27-2/h3-10,16H,11-14H2,1-2H3,(H,22,25)/t16-/m1/s1. The van der Waals surface area contributed by atoms with Gasteiger partial charge in [-0.25, -0.2) is 0 Å². The number of hydrogen-bond donors (Lipinski definition) is 1. The van der Waals surface area contributed by atoms with Crippen molar-refractivity contribution >= 4 is 17.5 Å². The first-order valence-electron chi connectivity index (χ1n) is 8.96. The Hall–Kier alpha value is -3.02. The van der Waals surface area contributed by atoms with Crippen LogP contribution in [0.4, 0.5) is 5.69 Å². The first-order valence-corrected chi connectivity index (χ1v) is 8.96. The molecule has 3 rings (SSSR count). The van der Waals surface area contributed by atoms with E-state index in [0.29, 0.717) is 24.5 Å². The molecule has 27 heavy (non-hydrogen) atoms. The maximum absolute atomic E-state index is 12.5. The molecule has 6 nitrogen and oxygen atoms in total. The summed E-state index contributed by atoms with van der Waals surface area (Å²) < 4.78 is 10.5. The Kier molecular flexibility index (Phi) is 5.96. The van der Waals surface area contributed by atoms with E-state index in [1.165, 1.54) is 0 Å². The van der Waals surface area contributed by atoms with Crippen molar-refractivity contribution in [3.63, 3.8) is 0 Å². The van der Waals surface area contributed by atoms with Gasteiger partial charge in [-0.05, 0) is 36.2 Å². The number of anilines is 1. The molecule has 1 aliphatic heterocycles. The van der Waals surface area contributed by atoms with E-state index < -0.39 is 0 Å². The summed E-state index contributed by atoms with van der Waals surface area (Å²) in [5.41, 5.74) is 1.83. The molecule has 2 aromatic carbocycles. The largest absolute Gasteiger partial charge is 0.497 e. The SMILES string of the molecule is COc1ccc(CCNC(=O)[C@@H]2CC(=O)N(c3ccccc3OC)C2)cc1. The highest BCUT2D eigenvalue weighted by Crippen LogP contribution is 2.32. The zero-order valence-electron chi connectivity index (χ0n) is 15.6. The van der Waals surface area contributed by atoms with Crippen LogP contribution in [0.1, 0.15) is 12.0 Å². The Morgan fingerprint density at radius 3 is 2.56 bits per heavy atom. The first-order chi connectivity index (χ1) is 13.1. The molecule has 6 heteroatoms. The molecule has 0 aromatic heterocycles. The lowest BCUT2D eigenvalue weighted by Crippen LogP contribution is -2.34. The van der Waals surface area contributed by atoms with Gasteiger partial charge in [-0.2, -0.15) is 0 Å². The molecule has 1 atom stereocenters. The van der Waals surface area contributed by atoms with Crippen LogP contribution in [-0.4, -0.2) is 39.1 Å². The molecule has 2 aromatic rings. The van der Waals surface area contributed by atoms with Crippen molar-refractivity contribution < 1.29 is 19.1 Å². The number of nitrogens with one attached hydrogen (secondary N) is 1. The van der Waals surface area contributed by atoms with Crippen LogP contribution in [0.2, 0.25) is 0 Å². The van der Waals surface area contributed by atoms with E-state index in [0.717, 1.165) is 17.7 Å². The molecule has 0 radical (unpaired) electrons. The number of benzene rings is 2. The van der Waals surface area contributed by atoms with Crippen LogP contribution in [0.15, 0.2) is 48.5 Å². The molecule has 1 heterocycles. The molecule has 0 spiro atoms. The second-order valence-electron chi connectivity index (χ2n) is 6.47. The molecule has 1 saturated heterocycles. The van der Waals surface area contributed by atoms with E-state index in [-0.39, 0.29) is 24.2 Å². The summed E-state index contributed by atoms with van der Waals surface area (Å²) in [5.74, 6) is 0.942. The predicted molar refractivity (Wildman–Crippen MR) is 103 cm³/mol. The number of ether oxygens (including phenoxy) is 2. The smallest absolute Gasteiger partial charge is 0.227 e. The summed E-state index contributed by atoms with van der Waals surface area (Å²) in [4.78, 5) is 26.5. The zero-order valence-corrected chi connectivity index (χ0v) is 15.6. The second-order valence-corrected chi connectivity index (χ2v) is 6.47. The highest BCUT2D eigenvalue weighted by Gasteiger charge is 2.36. The molecule has 142 valence electrons. The van der Waals surface area contributed by atoms with Crippen molar-refractivity contribution in [3.8, 4) is 11.5 Å². The predicted octanol–water partition coefficient (Wildman–Crippen LogP) is 2.42. The van der Waals surface area contributed by atoms with Crippen LogP contribution in [-0.2, 0) is 16.0 Å². The van der Waals surface area contributed by atoms with Crippen molar-refractivity contribution in [2.75, 3.05) is 32.2 Å². The topological polar surface area (TPSA) is 67.9 Å². The van der Waals surface area contributed by atoms with E-state index in [4.69, 9.17) is 9.47 Å². The third-order valence-electron chi connectivity index (χ3n) is 4.74. The fourth-order valence-electron chi connectivity index (χ4n) is 3.24. The van der Waals surface area contributed by atoms with Gasteiger partial charge in [0.2, 0.25) is 11.8 Å². The normalized spacial score (nSPS) is 16.3. The third-order valence-corrected chi connectivity index (χ3v) is 4.74. The summed E-state index contributed by atoms with van der Waals surface area (Å²) >= 11 is 0. The number of hydrogen-bond acceptors (Lipinski definition) is 4. The van der Waals surface area contributed by atoms with E-state index >= 15 is 0 Å². The molecule has 0 unspecified atom stereocenters. The lowest BCUT2D eigenvalue weighted by atomic mass is 10.1. The van der Waals surface area contributed by atoms with E-state index in [2.05, 4.69) is 5.32 Å². The maximum Gasteiger partial charge on any atom is 0.227 e. The maximum atomic E-state index is 12.5. The van der Waals surface area contributed by atoms with Gasteiger partial charge in [0, 0.05) is 19.5 Å². The number of carbonyl (C=O) groups is 2. The number of carbonyl (C=O) groups excluding carboxylic acids is 2. The van der Waals surface area contributed by atoms with Crippen molar-refractivity contribution in [3.05, 3.63) is 54.1 Å². The summed E-state index contributed by atoms with van der Waals surface area (Å²) in [5, 5.41) is 2.94. The highest BCUT2D eigenvalue weighted by atomic mass is 16.5. The number of nitrogens with zero attached hydrogens (tertiary/aromatic N) is 1. The Balaban J connectivity index is 1.54. The van der Waals surface area contributed by atoms with E-state index in [9.17, 15) is 9.59 Å². The number of amides is 2. The monoisotopic (exact) mass is 368 g/mol. The Morgan fingerprint density at radius 2 is 1.85 bits per heavy atom. The van der Waals surface area contributed by atoms with Gasteiger partial charge in [0.05, 0.1) is 25.8 Å². The van der Waals surface area contributed by atoms with Crippen molar-refractivity contribution in [1.82, 2.24) is 5.32 Å². The van der Waals surface area contributed by atoms with Gasteiger partial charge < -0.3 is 19.7 Å². The molecule has 0 aliphatic carbocycles. The Bertz CT molecular complexity index is 804. The Morgan fingerprint density at radius 1 is 1.11 bits per heavy atom. The first kappa shape index (κ1) is 18.8. The minimum Gasteiger partial charge on any atom is -0.497 e. The second kappa shape index (κ2) is 8.58. The molecule has 1 aliphatic rings. The van der Waals surface area contributed by atoms with Gasteiger partial charge >= 0.3 is 0 Å². The molecule has 0 bridgehead atoms. The fourth-order valence-corrected chi connectivity index (χ4v) is 3.24. The number of methoxy groups -OCH3 is 2.